The van der Waals surface area contributed by atoms with Gasteiger partial charge in [0.25, 0.3) is 0 Å². The average Bonchev–Trinajstić information content (AvgIpc) is 3.25. The molecule has 1 aromatic heterocycles. The summed E-state index contributed by atoms with van der Waals surface area (Å²) in [7, 11) is 0. The van der Waals surface area contributed by atoms with E-state index >= 15 is 0 Å². The molecule has 0 saturated carbocycles. The number of anilines is 2. The molecule has 1 aromatic carbocycles. The Balaban J connectivity index is 1.63. The fourth-order valence-electron chi connectivity index (χ4n) is 2.91. The molecule has 2 aromatic rings. The number of hydrogen-bond acceptors (Lipinski definition) is 3. The van der Waals surface area contributed by atoms with E-state index in [2.05, 4.69) is 15.7 Å². The Labute approximate surface area is 147 Å². The van der Waals surface area contributed by atoms with Gasteiger partial charge in [-0.25, -0.2) is 4.79 Å². The van der Waals surface area contributed by atoms with Crippen LogP contribution in [0.5, 0.6) is 0 Å². The highest BCUT2D eigenvalue weighted by Gasteiger charge is 2.34. The van der Waals surface area contributed by atoms with E-state index in [1.807, 2.05) is 44.2 Å². The number of aromatic nitrogens is 2. The number of para-hydroxylation sites is 1. The summed E-state index contributed by atoms with van der Waals surface area (Å²) < 4.78 is 1.78. The minimum Gasteiger partial charge on any atom is -0.322 e. The molecular weight excluding hydrogens is 318 g/mol. The van der Waals surface area contributed by atoms with Gasteiger partial charge in [-0.1, -0.05) is 18.2 Å². The van der Waals surface area contributed by atoms with Crippen molar-refractivity contribution in [2.45, 2.75) is 38.8 Å². The quantitative estimate of drug-likeness (QED) is 0.897. The first-order valence-electron chi connectivity index (χ1n) is 8.52. The number of nitrogens with one attached hydrogen (secondary N) is 2. The average molecular weight is 341 g/mol. The van der Waals surface area contributed by atoms with Crippen LogP contribution in [-0.4, -0.2) is 39.2 Å². The van der Waals surface area contributed by atoms with E-state index in [0.29, 0.717) is 18.7 Å². The minimum absolute atomic E-state index is 0.177. The second-order valence-electron chi connectivity index (χ2n) is 6.44. The van der Waals surface area contributed by atoms with Gasteiger partial charge in [-0.15, -0.1) is 0 Å². The van der Waals surface area contributed by atoms with Crippen LogP contribution >= 0.6 is 0 Å². The standard InChI is InChI=1S/C18H23N5O2/c1-13(2)23-12-15(11-19-23)20-17(24)16-9-6-10-22(16)18(25)21-14-7-4-3-5-8-14/h3-5,7-8,11-13,16H,6,9-10H2,1-2H3,(H,20,24)(H,21,25)/t16-/m1/s1. The fourth-order valence-corrected chi connectivity index (χ4v) is 2.91. The largest absolute Gasteiger partial charge is 0.322 e. The lowest BCUT2D eigenvalue weighted by atomic mass is 10.2. The van der Waals surface area contributed by atoms with Gasteiger partial charge in [0.15, 0.2) is 0 Å². The summed E-state index contributed by atoms with van der Waals surface area (Å²) in [6.45, 7) is 4.61. The number of benzene rings is 1. The molecule has 1 aliphatic rings. The van der Waals surface area contributed by atoms with Crippen LogP contribution in [0.1, 0.15) is 32.7 Å². The van der Waals surface area contributed by atoms with Crippen LogP contribution in [0, 0.1) is 0 Å². The molecule has 132 valence electrons. The molecule has 1 aliphatic heterocycles. The number of carbonyl (C=O) groups excluding carboxylic acids is 2. The molecule has 1 saturated heterocycles. The van der Waals surface area contributed by atoms with Gasteiger partial charge in [-0.05, 0) is 38.8 Å². The third-order valence-corrected chi connectivity index (χ3v) is 4.24. The van der Waals surface area contributed by atoms with E-state index in [0.717, 1.165) is 12.1 Å². The number of likely N-dealkylation sites (tertiary alicyclic amines) is 1. The molecule has 0 spiro atoms. The van der Waals surface area contributed by atoms with Gasteiger partial charge in [-0.3, -0.25) is 9.48 Å². The monoisotopic (exact) mass is 341 g/mol. The van der Waals surface area contributed by atoms with Crippen LogP contribution in [0.15, 0.2) is 42.7 Å². The second kappa shape index (κ2) is 7.38. The highest BCUT2D eigenvalue weighted by molar-refractivity contribution is 5.99. The SMILES string of the molecule is CC(C)n1cc(NC(=O)[C@H]2CCCN2C(=O)Nc2ccccc2)cn1. The van der Waals surface area contributed by atoms with Crippen LogP contribution in [0.3, 0.4) is 0 Å². The molecule has 2 N–H and O–H groups in total. The molecule has 25 heavy (non-hydrogen) atoms. The van der Waals surface area contributed by atoms with Crippen molar-refractivity contribution in [2.24, 2.45) is 0 Å². The molecule has 2 heterocycles. The van der Waals surface area contributed by atoms with Gasteiger partial charge >= 0.3 is 6.03 Å². The van der Waals surface area contributed by atoms with E-state index in [1.165, 1.54) is 0 Å². The van der Waals surface area contributed by atoms with Gasteiger partial charge in [0.2, 0.25) is 5.91 Å². The lowest BCUT2D eigenvalue weighted by molar-refractivity contribution is -0.119. The number of carbonyl (C=O) groups is 2. The van der Waals surface area contributed by atoms with Crippen molar-refractivity contribution in [3.8, 4) is 0 Å². The summed E-state index contributed by atoms with van der Waals surface area (Å²) in [4.78, 5) is 26.7. The summed E-state index contributed by atoms with van der Waals surface area (Å²) in [6, 6.07) is 8.76. The molecule has 1 atom stereocenters. The van der Waals surface area contributed by atoms with Gasteiger partial charge in [0.05, 0.1) is 11.9 Å². The predicted molar refractivity (Wildman–Crippen MR) is 96.4 cm³/mol. The third-order valence-electron chi connectivity index (χ3n) is 4.24. The van der Waals surface area contributed by atoms with Crippen LogP contribution < -0.4 is 10.6 Å². The highest BCUT2D eigenvalue weighted by Crippen LogP contribution is 2.21. The number of amides is 3. The molecule has 0 aliphatic carbocycles. The Morgan fingerprint density at radius 2 is 1.92 bits per heavy atom. The Hall–Kier alpha value is -2.83. The Bertz CT molecular complexity index is 741. The normalized spacial score (nSPS) is 16.9. The van der Waals surface area contributed by atoms with Crippen LogP contribution in [-0.2, 0) is 4.79 Å². The Morgan fingerprint density at radius 3 is 2.60 bits per heavy atom. The molecule has 7 heteroatoms. The lowest BCUT2D eigenvalue weighted by Crippen LogP contribution is -2.45. The number of hydrogen-bond donors (Lipinski definition) is 2. The summed E-state index contributed by atoms with van der Waals surface area (Å²) in [5, 5.41) is 9.92. The van der Waals surface area contributed by atoms with E-state index in [-0.39, 0.29) is 18.0 Å². The molecular formula is C18H23N5O2. The highest BCUT2D eigenvalue weighted by atomic mass is 16.2. The maximum Gasteiger partial charge on any atom is 0.322 e. The van der Waals surface area contributed by atoms with Crippen molar-refractivity contribution in [2.75, 3.05) is 17.2 Å². The number of nitrogens with zero attached hydrogens (tertiary/aromatic N) is 3. The topological polar surface area (TPSA) is 79.3 Å². The molecule has 3 amide bonds. The van der Waals surface area contributed by atoms with E-state index in [4.69, 9.17) is 0 Å². The summed E-state index contributed by atoms with van der Waals surface area (Å²) >= 11 is 0. The van der Waals surface area contributed by atoms with Crippen LogP contribution in [0.4, 0.5) is 16.2 Å². The summed E-state index contributed by atoms with van der Waals surface area (Å²) in [5.74, 6) is -0.177. The van der Waals surface area contributed by atoms with Crippen molar-refractivity contribution in [1.82, 2.24) is 14.7 Å². The maximum atomic E-state index is 12.6. The first-order valence-corrected chi connectivity index (χ1v) is 8.52. The van der Waals surface area contributed by atoms with Crippen molar-refractivity contribution in [3.63, 3.8) is 0 Å². The van der Waals surface area contributed by atoms with Crippen molar-refractivity contribution < 1.29 is 9.59 Å². The number of rotatable bonds is 4. The summed E-state index contributed by atoms with van der Waals surface area (Å²) in [6.07, 6.45) is 4.89. The van der Waals surface area contributed by atoms with Gasteiger partial charge in [0, 0.05) is 24.5 Å². The van der Waals surface area contributed by atoms with Crippen molar-refractivity contribution in [1.29, 1.82) is 0 Å². The van der Waals surface area contributed by atoms with E-state index in [9.17, 15) is 9.59 Å². The fraction of sp³-hybridized carbons (Fsp3) is 0.389. The van der Waals surface area contributed by atoms with Gasteiger partial charge < -0.3 is 15.5 Å². The lowest BCUT2D eigenvalue weighted by Gasteiger charge is -2.24. The third kappa shape index (κ3) is 3.99. The van der Waals surface area contributed by atoms with Gasteiger partial charge in [0.1, 0.15) is 6.04 Å². The van der Waals surface area contributed by atoms with E-state index in [1.54, 1.807) is 22.0 Å². The first kappa shape index (κ1) is 17.0. The first-order chi connectivity index (χ1) is 12.0. The molecule has 7 nitrogen and oxygen atoms in total. The molecule has 0 radical (unpaired) electrons. The van der Waals surface area contributed by atoms with Crippen molar-refractivity contribution in [3.05, 3.63) is 42.7 Å². The molecule has 1 fully saturated rings. The maximum absolute atomic E-state index is 12.6. The molecule has 0 unspecified atom stereocenters. The van der Waals surface area contributed by atoms with Crippen LogP contribution in [0.2, 0.25) is 0 Å². The van der Waals surface area contributed by atoms with Gasteiger partial charge in [-0.2, -0.15) is 5.10 Å². The van der Waals surface area contributed by atoms with Crippen molar-refractivity contribution >= 4 is 23.3 Å². The smallest absolute Gasteiger partial charge is 0.322 e. The molecule has 3 rings (SSSR count). The Morgan fingerprint density at radius 1 is 1.16 bits per heavy atom. The molecule has 0 bridgehead atoms. The zero-order valence-corrected chi connectivity index (χ0v) is 14.5. The Kier molecular flexibility index (Phi) is 5.02. The summed E-state index contributed by atoms with van der Waals surface area (Å²) in [5.41, 5.74) is 1.37. The van der Waals surface area contributed by atoms with Crippen LogP contribution in [0.25, 0.3) is 0 Å². The second-order valence-corrected chi connectivity index (χ2v) is 6.44. The zero-order valence-electron chi connectivity index (χ0n) is 14.5. The predicted octanol–water partition coefficient (Wildman–Crippen LogP) is 3.10. The zero-order chi connectivity index (χ0) is 17.8. The minimum atomic E-state index is -0.467. The number of urea groups is 1. The van der Waals surface area contributed by atoms with E-state index < -0.39 is 6.04 Å².